The van der Waals surface area contributed by atoms with Crippen molar-refractivity contribution < 1.29 is 9.21 Å². The zero-order valence-electron chi connectivity index (χ0n) is 9.05. The molecule has 84 valence electrons. The number of rotatable bonds is 5. The number of carbonyl (C=O) groups is 1. The fourth-order valence-corrected chi connectivity index (χ4v) is 2.22. The van der Waals surface area contributed by atoms with Gasteiger partial charge >= 0.3 is 0 Å². The molecule has 0 amide bonds. The average Bonchev–Trinajstić information content (AvgIpc) is 2.89. The van der Waals surface area contributed by atoms with Gasteiger partial charge in [-0.15, -0.1) is 0 Å². The van der Waals surface area contributed by atoms with Gasteiger partial charge in [0.1, 0.15) is 5.76 Å². The molecule has 0 aliphatic rings. The SMILES string of the molecule is CN(Cc1ccsc1)Cc1ccc(C=O)o1. The molecule has 0 unspecified atom stereocenters. The lowest BCUT2D eigenvalue weighted by Gasteiger charge is -2.13. The molecule has 2 heterocycles. The topological polar surface area (TPSA) is 33.5 Å². The van der Waals surface area contributed by atoms with Crippen LogP contribution in [0.1, 0.15) is 21.9 Å². The lowest BCUT2D eigenvalue weighted by atomic mass is 10.3. The summed E-state index contributed by atoms with van der Waals surface area (Å²) in [5, 5.41) is 4.20. The first-order chi connectivity index (χ1) is 7.78. The molecule has 0 saturated heterocycles. The van der Waals surface area contributed by atoms with Gasteiger partial charge in [0.05, 0.1) is 6.54 Å². The van der Waals surface area contributed by atoms with Crippen LogP contribution >= 0.6 is 11.3 Å². The highest BCUT2D eigenvalue weighted by atomic mass is 32.1. The lowest BCUT2D eigenvalue weighted by Crippen LogP contribution is -2.16. The highest BCUT2D eigenvalue weighted by Crippen LogP contribution is 2.12. The second-order valence-corrected chi connectivity index (χ2v) is 4.51. The van der Waals surface area contributed by atoms with E-state index in [2.05, 4.69) is 21.7 Å². The van der Waals surface area contributed by atoms with Crippen molar-refractivity contribution in [1.82, 2.24) is 4.90 Å². The van der Waals surface area contributed by atoms with E-state index in [1.54, 1.807) is 17.4 Å². The molecule has 2 aromatic rings. The largest absolute Gasteiger partial charge is 0.457 e. The Kier molecular flexibility index (Phi) is 3.54. The molecule has 2 aromatic heterocycles. The summed E-state index contributed by atoms with van der Waals surface area (Å²) in [6.45, 7) is 1.60. The minimum atomic E-state index is 0.388. The monoisotopic (exact) mass is 235 g/mol. The summed E-state index contributed by atoms with van der Waals surface area (Å²) in [5.74, 6) is 1.21. The van der Waals surface area contributed by atoms with E-state index in [0.29, 0.717) is 12.3 Å². The van der Waals surface area contributed by atoms with Crippen molar-refractivity contribution in [3.05, 3.63) is 46.0 Å². The van der Waals surface area contributed by atoms with Gasteiger partial charge < -0.3 is 4.42 Å². The van der Waals surface area contributed by atoms with Crippen LogP contribution in [0, 0.1) is 0 Å². The molecular formula is C12H13NO2S. The van der Waals surface area contributed by atoms with E-state index < -0.39 is 0 Å². The quantitative estimate of drug-likeness (QED) is 0.747. The summed E-state index contributed by atoms with van der Waals surface area (Å²) in [6.07, 6.45) is 0.725. The number of hydrogen-bond acceptors (Lipinski definition) is 4. The summed E-state index contributed by atoms with van der Waals surface area (Å²) in [6, 6.07) is 5.65. The first-order valence-electron chi connectivity index (χ1n) is 5.01. The van der Waals surface area contributed by atoms with Crippen molar-refractivity contribution in [3.63, 3.8) is 0 Å². The number of carbonyl (C=O) groups excluding carboxylic acids is 1. The van der Waals surface area contributed by atoms with Crippen molar-refractivity contribution in [2.75, 3.05) is 7.05 Å². The summed E-state index contributed by atoms with van der Waals surface area (Å²) in [5.41, 5.74) is 1.30. The van der Waals surface area contributed by atoms with Crippen LogP contribution in [0.25, 0.3) is 0 Å². The Morgan fingerprint density at radius 2 is 2.25 bits per heavy atom. The Balaban J connectivity index is 1.91. The zero-order chi connectivity index (χ0) is 11.4. The molecule has 2 rings (SSSR count). The third-order valence-corrected chi connectivity index (χ3v) is 2.99. The van der Waals surface area contributed by atoms with E-state index >= 15 is 0 Å². The van der Waals surface area contributed by atoms with Crippen LogP contribution in [0.3, 0.4) is 0 Å². The molecule has 3 nitrogen and oxygen atoms in total. The minimum Gasteiger partial charge on any atom is -0.457 e. The number of thiophene rings is 1. The normalized spacial score (nSPS) is 10.9. The Labute approximate surface area is 98.3 Å². The predicted molar refractivity (Wildman–Crippen MR) is 63.6 cm³/mol. The van der Waals surface area contributed by atoms with Crippen molar-refractivity contribution in [2.24, 2.45) is 0 Å². The number of nitrogens with zero attached hydrogens (tertiary/aromatic N) is 1. The van der Waals surface area contributed by atoms with Gasteiger partial charge in [0, 0.05) is 6.54 Å². The zero-order valence-corrected chi connectivity index (χ0v) is 9.87. The van der Waals surface area contributed by atoms with Crippen LogP contribution < -0.4 is 0 Å². The molecule has 4 heteroatoms. The maximum absolute atomic E-state index is 10.5. The average molecular weight is 235 g/mol. The van der Waals surface area contributed by atoms with Crippen molar-refractivity contribution in [3.8, 4) is 0 Å². The van der Waals surface area contributed by atoms with Gasteiger partial charge in [0.15, 0.2) is 12.0 Å². The van der Waals surface area contributed by atoms with E-state index in [4.69, 9.17) is 4.42 Å². The maximum Gasteiger partial charge on any atom is 0.185 e. The molecule has 0 bridgehead atoms. The van der Waals surface area contributed by atoms with Crippen LogP contribution in [-0.2, 0) is 13.1 Å². The standard InChI is InChI=1S/C12H13NO2S/c1-13(6-10-4-5-16-9-10)7-11-2-3-12(8-14)15-11/h2-5,8-9H,6-7H2,1H3. The van der Waals surface area contributed by atoms with Gasteiger partial charge in [-0.05, 0) is 41.6 Å². The fraction of sp³-hybridized carbons (Fsp3) is 0.250. The summed E-state index contributed by atoms with van der Waals surface area (Å²) in [4.78, 5) is 12.6. The fourth-order valence-electron chi connectivity index (χ4n) is 1.56. The molecule has 0 radical (unpaired) electrons. The molecule has 16 heavy (non-hydrogen) atoms. The van der Waals surface area contributed by atoms with Gasteiger partial charge in [-0.3, -0.25) is 9.69 Å². The van der Waals surface area contributed by atoms with Crippen LogP contribution in [0.2, 0.25) is 0 Å². The van der Waals surface area contributed by atoms with Crippen molar-refractivity contribution in [1.29, 1.82) is 0 Å². The second-order valence-electron chi connectivity index (χ2n) is 3.73. The smallest absolute Gasteiger partial charge is 0.185 e. The first-order valence-corrected chi connectivity index (χ1v) is 5.95. The molecule has 0 spiro atoms. The lowest BCUT2D eigenvalue weighted by molar-refractivity contribution is 0.109. The molecule has 0 fully saturated rings. The van der Waals surface area contributed by atoms with Gasteiger partial charge in [-0.1, -0.05) is 0 Å². The molecule has 0 aromatic carbocycles. The Morgan fingerprint density at radius 3 is 2.88 bits per heavy atom. The van der Waals surface area contributed by atoms with E-state index in [1.807, 2.05) is 13.1 Å². The molecule has 0 saturated carbocycles. The first kappa shape index (κ1) is 11.1. The Hall–Kier alpha value is -1.39. The number of hydrogen-bond donors (Lipinski definition) is 0. The van der Waals surface area contributed by atoms with Crippen molar-refractivity contribution >= 4 is 17.6 Å². The van der Waals surface area contributed by atoms with Crippen LogP contribution in [0.4, 0.5) is 0 Å². The van der Waals surface area contributed by atoms with E-state index in [9.17, 15) is 4.79 Å². The summed E-state index contributed by atoms with van der Waals surface area (Å²) in [7, 11) is 2.03. The second kappa shape index (κ2) is 5.09. The Morgan fingerprint density at radius 1 is 1.38 bits per heavy atom. The van der Waals surface area contributed by atoms with Gasteiger partial charge in [0.25, 0.3) is 0 Å². The number of aldehydes is 1. The molecule has 0 aliphatic heterocycles. The van der Waals surface area contributed by atoms with Crippen LogP contribution in [0.15, 0.2) is 33.4 Å². The predicted octanol–water partition coefficient (Wildman–Crippen LogP) is 2.79. The van der Waals surface area contributed by atoms with Crippen LogP contribution in [-0.4, -0.2) is 18.2 Å². The highest BCUT2D eigenvalue weighted by molar-refractivity contribution is 7.07. The molecule has 0 aliphatic carbocycles. The summed E-state index contributed by atoms with van der Waals surface area (Å²) < 4.78 is 5.32. The van der Waals surface area contributed by atoms with Gasteiger partial charge in [-0.25, -0.2) is 0 Å². The third-order valence-electron chi connectivity index (χ3n) is 2.26. The van der Waals surface area contributed by atoms with Gasteiger partial charge in [-0.2, -0.15) is 11.3 Å². The third kappa shape index (κ3) is 2.81. The number of furan rings is 1. The minimum absolute atomic E-state index is 0.388. The highest BCUT2D eigenvalue weighted by Gasteiger charge is 2.05. The molecule has 0 atom stereocenters. The van der Waals surface area contributed by atoms with E-state index in [-0.39, 0.29) is 0 Å². The van der Waals surface area contributed by atoms with Gasteiger partial charge in [0.2, 0.25) is 0 Å². The van der Waals surface area contributed by atoms with Crippen molar-refractivity contribution in [2.45, 2.75) is 13.1 Å². The molecular weight excluding hydrogens is 222 g/mol. The summed E-state index contributed by atoms with van der Waals surface area (Å²) >= 11 is 1.70. The van der Waals surface area contributed by atoms with E-state index in [1.165, 1.54) is 5.56 Å². The van der Waals surface area contributed by atoms with E-state index in [0.717, 1.165) is 18.6 Å². The van der Waals surface area contributed by atoms with Crippen LogP contribution in [0.5, 0.6) is 0 Å². The molecule has 0 N–H and O–H groups in total. The maximum atomic E-state index is 10.5. The Bertz CT molecular complexity index is 447.